The van der Waals surface area contributed by atoms with Crippen molar-refractivity contribution in [1.29, 1.82) is 0 Å². The molecule has 29 heavy (non-hydrogen) atoms. The first kappa shape index (κ1) is 22.0. The first-order chi connectivity index (χ1) is 13.8. The number of carbonyl (C=O) groups is 2. The maximum atomic E-state index is 12.2. The zero-order chi connectivity index (χ0) is 21.2. The Labute approximate surface area is 172 Å². The lowest BCUT2D eigenvalue weighted by Crippen LogP contribution is -2.22. The van der Waals surface area contributed by atoms with Gasteiger partial charge in [-0.15, -0.1) is 0 Å². The average molecular weight is 396 g/mol. The third-order valence-corrected chi connectivity index (χ3v) is 4.14. The standard InChI is InChI=1S/C23H29N3O3/c1-17(2)16-29-21-7-5-6-20(14-21)25-22(27)15-24-19-11-8-18(9-12-19)10-13-23(28)26(3)4/h5-9,11-12,14,24H,1,10,13,15-16H2,2-4H3,(H,25,27). The van der Waals surface area contributed by atoms with Gasteiger partial charge in [0, 0.05) is 38.0 Å². The molecule has 2 N–H and O–H groups in total. The lowest BCUT2D eigenvalue weighted by molar-refractivity contribution is -0.128. The second kappa shape index (κ2) is 10.9. The summed E-state index contributed by atoms with van der Waals surface area (Å²) < 4.78 is 5.59. The summed E-state index contributed by atoms with van der Waals surface area (Å²) in [7, 11) is 3.51. The van der Waals surface area contributed by atoms with Crippen molar-refractivity contribution in [3.05, 3.63) is 66.2 Å². The number of hydrogen-bond acceptors (Lipinski definition) is 4. The third kappa shape index (κ3) is 8.09. The minimum Gasteiger partial charge on any atom is -0.489 e. The second-order valence-corrected chi connectivity index (χ2v) is 7.16. The first-order valence-electron chi connectivity index (χ1n) is 9.53. The van der Waals surface area contributed by atoms with Crippen molar-refractivity contribution >= 4 is 23.2 Å². The number of anilines is 2. The summed E-state index contributed by atoms with van der Waals surface area (Å²) in [6.45, 7) is 6.29. The third-order valence-electron chi connectivity index (χ3n) is 4.14. The van der Waals surface area contributed by atoms with Gasteiger partial charge in [-0.05, 0) is 48.7 Å². The molecule has 0 bridgehead atoms. The number of hydrogen-bond donors (Lipinski definition) is 2. The average Bonchev–Trinajstić information content (AvgIpc) is 2.70. The second-order valence-electron chi connectivity index (χ2n) is 7.16. The van der Waals surface area contributed by atoms with Crippen LogP contribution in [0, 0.1) is 0 Å². The van der Waals surface area contributed by atoms with E-state index in [0.29, 0.717) is 30.9 Å². The molecule has 0 aromatic heterocycles. The highest BCUT2D eigenvalue weighted by Crippen LogP contribution is 2.18. The molecule has 2 aromatic carbocycles. The summed E-state index contributed by atoms with van der Waals surface area (Å²) in [5.41, 5.74) is 3.54. The van der Waals surface area contributed by atoms with E-state index < -0.39 is 0 Å². The SMILES string of the molecule is C=C(C)COc1cccc(NC(=O)CNc2ccc(CCC(=O)N(C)C)cc2)c1. The summed E-state index contributed by atoms with van der Waals surface area (Å²) in [6.07, 6.45) is 1.18. The minimum atomic E-state index is -0.150. The van der Waals surface area contributed by atoms with Gasteiger partial charge in [0.05, 0.1) is 6.54 Å². The van der Waals surface area contributed by atoms with Crippen molar-refractivity contribution in [3.8, 4) is 5.75 Å². The predicted molar refractivity (Wildman–Crippen MR) is 117 cm³/mol. The zero-order valence-corrected chi connectivity index (χ0v) is 17.3. The van der Waals surface area contributed by atoms with Gasteiger partial charge in [0.15, 0.2) is 0 Å². The number of carbonyl (C=O) groups excluding carboxylic acids is 2. The van der Waals surface area contributed by atoms with Gasteiger partial charge in [0.25, 0.3) is 0 Å². The Morgan fingerprint density at radius 1 is 1.07 bits per heavy atom. The summed E-state index contributed by atoms with van der Waals surface area (Å²) in [5, 5.41) is 5.95. The molecule has 2 aromatic rings. The Morgan fingerprint density at radius 3 is 2.45 bits per heavy atom. The molecule has 2 rings (SSSR count). The predicted octanol–water partition coefficient (Wildman–Crippen LogP) is 3.71. The van der Waals surface area contributed by atoms with E-state index in [-0.39, 0.29) is 18.4 Å². The lowest BCUT2D eigenvalue weighted by atomic mass is 10.1. The zero-order valence-electron chi connectivity index (χ0n) is 17.3. The molecule has 0 aliphatic rings. The molecular weight excluding hydrogens is 366 g/mol. The lowest BCUT2D eigenvalue weighted by Gasteiger charge is -2.11. The Bertz CT molecular complexity index is 845. The molecule has 154 valence electrons. The van der Waals surface area contributed by atoms with Crippen LogP contribution in [0.1, 0.15) is 18.9 Å². The fourth-order valence-electron chi connectivity index (χ4n) is 2.52. The fourth-order valence-corrected chi connectivity index (χ4v) is 2.52. The summed E-state index contributed by atoms with van der Waals surface area (Å²) >= 11 is 0. The van der Waals surface area contributed by atoms with Crippen LogP contribution in [0.4, 0.5) is 11.4 Å². The molecule has 2 amide bonds. The first-order valence-corrected chi connectivity index (χ1v) is 9.53. The van der Waals surface area contributed by atoms with Gasteiger partial charge in [-0.2, -0.15) is 0 Å². The van der Waals surface area contributed by atoms with Crippen molar-refractivity contribution in [3.63, 3.8) is 0 Å². The smallest absolute Gasteiger partial charge is 0.243 e. The number of nitrogens with zero attached hydrogens (tertiary/aromatic N) is 1. The Balaban J connectivity index is 1.79. The molecule has 0 unspecified atom stereocenters. The van der Waals surface area contributed by atoms with Crippen LogP contribution in [-0.2, 0) is 16.0 Å². The molecule has 0 heterocycles. The number of nitrogens with one attached hydrogen (secondary N) is 2. The number of benzene rings is 2. The number of aryl methyl sites for hydroxylation is 1. The van der Waals surface area contributed by atoms with Crippen LogP contribution in [0.25, 0.3) is 0 Å². The fraction of sp³-hybridized carbons (Fsp3) is 0.304. The van der Waals surface area contributed by atoms with Crippen molar-refractivity contribution in [2.24, 2.45) is 0 Å². The normalized spacial score (nSPS) is 10.2. The van der Waals surface area contributed by atoms with E-state index in [1.54, 1.807) is 25.1 Å². The van der Waals surface area contributed by atoms with E-state index in [0.717, 1.165) is 16.8 Å². The molecule has 0 aliphatic heterocycles. The Morgan fingerprint density at radius 2 is 1.79 bits per heavy atom. The summed E-state index contributed by atoms with van der Waals surface area (Å²) in [4.78, 5) is 25.5. The van der Waals surface area contributed by atoms with E-state index in [1.165, 1.54) is 0 Å². The molecule has 0 spiro atoms. The van der Waals surface area contributed by atoms with Gasteiger partial charge in [0.1, 0.15) is 12.4 Å². The van der Waals surface area contributed by atoms with Gasteiger partial charge < -0.3 is 20.3 Å². The van der Waals surface area contributed by atoms with E-state index in [1.807, 2.05) is 49.4 Å². The van der Waals surface area contributed by atoms with Crippen LogP contribution < -0.4 is 15.4 Å². The molecule has 0 saturated carbocycles. The van der Waals surface area contributed by atoms with Crippen LogP contribution >= 0.6 is 0 Å². The molecule has 0 fully saturated rings. The monoisotopic (exact) mass is 395 g/mol. The van der Waals surface area contributed by atoms with Crippen LogP contribution in [0.3, 0.4) is 0 Å². The minimum absolute atomic E-state index is 0.109. The highest BCUT2D eigenvalue weighted by atomic mass is 16.5. The van der Waals surface area contributed by atoms with Crippen molar-refractivity contribution < 1.29 is 14.3 Å². The quantitative estimate of drug-likeness (QED) is 0.602. The van der Waals surface area contributed by atoms with Crippen molar-refractivity contribution in [2.45, 2.75) is 19.8 Å². The van der Waals surface area contributed by atoms with E-state index in [2.05, 4.69) is 17.2 Å². The van der Waals surface area contributed by atoms with Gasteiger partial charge in [-0.1, -0.05) is 24.8 Å². The van der Waals surface area contributed by atoms with Crippen LogP contribution in [0.5, 0.6) is 5.75 Å². The maximum Gasteiger partial charge on any atom is 0.243 e. The van der Waals surface area contributed by atoms with Gasteiger partial charge in [0.2, 0.25) is 11.8 Å². The van der Waals surface area contributed by atoms with E-state index in [4.69, 9.17) is 4.74 Å². The maximum absolute atomic E-state index is 12.2. The molecule has 0 aliphatic carbocycles. The molecule has 0 saturated heterocycles. The van der Waals surface area contributed by atoms with Crippen molar-refractivity contribution in [1.82, 2.24) is 4.90 Å². The number of ether oxygens (including phenoxy) is 1. The number of rotatable bonds is 10. The molecule has 6 nitrogen and oxygen atoms in total. The largest absolute Gasteiger partial charge is 0.489 e. The van der Waals surface area contributed by atoms with Crippen LogP contribution in [0.2, 0.25) is 0 Å². The van der Waals surface area contributed by atoms with Crippen molar-refractivity contribution in [2.75, 3.05) is 37.9 Å². The van der Waals surface area contributed by atoms with E-state index >= 15 is 0 Å². The molecule has 0 radical (unpaired) electrons. The van der Waals surface area contributed by atoms with Crippen LogP contribution in [-0.4, -0.2) is 44.0 Å². The highest BCUT2D eigenvalue weighted by molar-refractivity contribution is 5.93. The molecular formula is C23H29N3O3. The summed E-state index contributed by atoms with van der Waals surface area (Å²) in [6, 6.07) is 15.0. The summed E-state index contributed by atoms with van der Waals surface area (Å²) in [5.74, 6) is 0.641. The van der Waals surface area contributed by atoms with Crippen LogP contribution in [0.15, 0.2) is 60.7 Å². The molecule has 0 atom stereocenters. The number of amides is 2. The van der Waals surface area contributed by atoms with E-state index in [9.17, 15) is 9.59 Å². The van der Waals surface area contributed by atoms with Gasteiger partial charge >= 0.3 is 0 Å². The highest BCUT2D eigenvalue weighted by Gasteiger charge is 2.06. The van der Waals surface area contributed by atoms with Gasteiger partial charge in [-0.25, -0.2) is 0 Å². The Kier molecular flexibility index (Phi) is 8.27. The Hall–Kier alpha value is -3.28. The molecule has 6 heteroatoms. The van der Waals surface area contributed by atoms with Gasteiger partial charge in [-0.3, -0.25) is 9.59 Å². The topological polar surface area (TPSA) is 70.7 Å².